The summed E-state index contributed by atoms with van der Waals surface area (Å²) in [5, 5.41) is 0. The average Bonchev–Trinajstić information content (AvgIpc) is 2.86. The molecule has 1 amide bonds. The van der Waals surface area contributed by atoms with Crippen molar-refractivity contribution >= 4 is 21.6 Å². The lowest BCUT2D eigenvalue weighted by atomic mass is 10.1. The van der Waals surface area contributed by atoms with Gasteiger partial charge in [0.1, 0.15) is 5.82 Å². The largest absolute Gasteiger partial charge is 0.330 e. The quantitative estimate of drug-likeness (QED) is 0.370. The molecule has 0 saturated carbocycles. The minimum Gasteiger partial charge on any atom is -0.330 e. The molecule has 6 nitrogen and oxygen atoms in total. The highest BCUT2D eigenvalue weighted by molar-refractivity contribution is 7.92. The fraction of sp³-hybridized carbons (Fsp3) is 0.111. The first-order valence-corrected chi connectivity index (χ1v) is 12.4. The van der Waals surface area contributed by atoms with Crippen molar-refractivity contribution in [2.45, 2.75) is 24.9 Å². The number of aromatic nitrogens is 1. The molecule has 0 spiro atoms. The van der Waals surface area contributed by atoms with Crippen LogP contribution in [0.25, 0.3) is 0 Å². The van der Waals surface area contributed by atoms with E-state index in [2.05, 4.69) is 9.71 Å². The molecule has 0 unspecified atom stereocenters. The van der Waals surface area contributed by atoms with Crippen LogP contribution >= 0.6 is 0 Å². The summed E-state index contributed by atoms with van der Waals surface area (Å²) in [6.45, 7) is 2.31. The molecule has 4 aromatic rings. The Labute approximate surface area is 204 Å². The zero-order valence-electron chi connectivity index (χ0n) is 19.1. The number of carbonyl (C=O) groups is 1. The summed E-state index contributed by atoms with van der Waals surface area (Å²) in [6, 6.07) is 22.7. The summed E-state index contributed by atoms with van der Waals surface area (Å²) in [4.78, 5) is 19.4. The minimum atomic E-state index is -4.00. The molecule has 0 atom stereocenters. The molecule has 0 fully saturated rings. The molecule has 1 heterocycles. The van der Waals surface area contributed by atoms with Crippen LogP contribution in [0.15, 0.2) is 102 Å². The maximum Gasteiger partial charge on any atom is 0.261 e. The van der Waals surface area contributed by atoms with Crippen molar-refractivity contribution in [3.8, 4) is 0 Å². The van der Waals surface area contributed by atoms with Gasteiger partial charge >= 0.3 is 0 Å². The Kier molecular flexibility index (Phi) is 7.22. The van der Waals surface area contributed by atoms with E-state index in [0.717, 1.165) is 28.8 Å². The molecule has 0 aliphatic rings. The molecular weight excluding hydrogens is 465 g/mol. The van der Waals surface area contributed by atoms with E-state index in [4.69, 9.17) is 0 Å². The highest BCUT2D eigenvalue weighted by atomic mass is 32.2. The minimum absolute atomic E-state index is 0.00113. The third-order valence-electron chi connectivity index (χ3n) is 5.39. The molecule has 35 heavy (non-hydrogen) atoms. The summed E-state index contributed by atoms with van der Waals surface area (Å²) in [5.74, 6) is -1.16. The second-order valence-corrected chi connectivity index (χ2v) is 9.80. The van der Waals surface area contributed by atoms with Crippen LogP contribution < -0.4 is 4.72 Å². The number of hydrogen-bond donors (Lipinski definition) is 1. The molecule has 3 aromatic carbocycles. The number of hydrogen-bond acceptors (Lipinski definition) is 4. The van der Waals surface area contributed by atoms with Crippen LogP contribution in [0.2, 0.25) is 0 Å². The number of pyridine rings is 1. The summed E-state index contributed by atoms with van der Waals surface area (Å²) >= 11 is 0. The number of carbonyl (C=O) groups excluding carboxylic acids is 1. The molecular formula is C27H24FN3O3S. The van der Waals surface area contributed by atoms with Gasteiger partial charge in [-0.25, -0.2) is 12.8 Å². The van der Waals surface area contributed by atoms with E-state index in [0.29, 0.717) is 0 Å². The standard InChI is InChI=1S/C27H24FN3O3S/c1-20-9-12-24(13-10-20)35(33,34)30-26-14-11-23(28)16-25(26)27(32)31(18-21-6-3-2-4-7-21)19-22-8-5-15-29-17-22/h2-17,30H,18-19H2,1H3. The Morgan fingerprint density at radius 2 is 1.60 bits per heavy atom. The zero-order valence-corrected chi connectivity index (χ0v) is 19.9. The number of halogens is 1. The van der Waals surface area contributed by atoms with Crippen molar-refractivity contribution in [1.29, 1.82) is 0 Å². The Morgan fingerprint density at radius 1 is 0.914 bits per heavy atom. The van der Waals surface area contributed by atoms with Crippen LogP contribution in [0.4, 0.5) is 10.1 Å². The summed E-state index contributed by atoms with van der Waals surface area (Å²) in [6.07, 6.45) is 3.29. The molecule has 0 radical (unpaired) electrons. The Hall–Kier alpha value is -4.04. The summed E-state index contributed by atoms with van der Waals surface area (Å²) < 4.78 is 42.7. The third kappa shape index (κ3) is 6.10. The molecule has 0 bridgehead atoms. The van der Waals surface area contributed by atoms with Crippen LogP contribution in [0, 0.1) is 12.7 Å². The maximum absolute atomic E-state index is 14.3. The van der Waals surface area contributed by atoms with Gasteiger partial charge in [0.05, 0.1) is 16.1 Å². The van der Waals surface area contributed by atoms with Gasteiger partial charge in [0.2, 0.25) is 0 Å². The molecule has 0 saturated heterocycles. The zero-order chi connectivity index (χ0) is 24.8. The van der Waals surface area contributed by atoms with Crippen LogP contribution in [0.5, 0.6) is 0 Å². The highest BCUT2D eigenvalue weighted by Gasteiger charge is 2.24. The lowest BCUT2D eigenvalue weighted by molar-refractivity contribution is 0.0730. The fourth-order valence-electron chi connectivity index (χ4n) is 3.59. The van der Waals surface area contributed by atoms with Crippen molar-refractivity contribution < 1.29 is 17.6 Å². The fourth-order valence-corrected chi connectivity index (χ4v) is 4.67. The molecule has 1 N–H and O–H groups in total. The second-order valence-electron chi connectivity index (χ2n) is 8.12. The first-order valence-electron chi connectivity index (χ1n) is 10.9. The molecule has 0 aliphatic heterocycles. The van der Waals surface area contributed by atoms with E-state index in [1.54, 1.807) is 30.6 Å². The van der Waals surface area contributed by atoms with Gasteiger partial charge in [-0.3, -0.25) is 14.5 Å². The SMILES string of the molecule is Cc1ccc(S(=O)(=O)Nc2ccc(F)cc2C(=O)N(Cc2ccccc2)Cc2cccnc2)cc1. The van der Waals surface area contributed by atoms with Gasteiger partial charge in [0.15, 0.2) is 0 Å². The van der Waals surface area contributed by atoms with Gasteiger partial charge in [-0.05, 0) is 54.4 Å². The molecule has 4 rings (SSSR count). The Balaban J connectivity index is 1.69. The smallest absolute Gasteiger partial charge is 0.261 e. The van der Waals surface area contributed by atoms with E-state index in [1.807, 2.05) is 43.3 Å². The molecule has 0 aliphatic carbocycles. The predicted molar refractivity (Wildman–Crippen MR) is 133 cm³/mol. The van der Waals surface area contributed by atoms with E-state index in [-0.39, 0.29) is 29.2 Å². The number of rotatable bonds is 8. The van der Waals surface area contributed by atoms with Gasteiger partial charge in [-0.1, -0.05) is 54.1 Å². The number of nitrogens with one attached hydrogen (secondary N) is 1. The van der Waals surface area contributed by atoms with Crippen LogP contribution in [-0.2, 0) is 23.1 Å². The number of benzene rings is 3. The van der Waals surface area contributed by atoms with Gasteiger partial charge in [-0.2, -0.15) is 0 Å². The lowest BCUT2D eigenvalue weighted by Crippen LogP contribution is -2.31. The van der Waals surface area contributed by atoms with Gasteiger partial charge < -0.3 is 4.90 Å². The van der Waals surface area contributed by atoms with E-state index < -0.39 is 21.7 Å². The summed E-state index contributed by atoms with van der Waals surface area (Å²) in [7, 11) is -4.00. The Morgan fingerprint density at radius 3 is 2.29 bits per heavy atom. The van der Waals surface area contributed by atoms with Gasteiger partial charge in [0, 0.05) is 25.5 Å². The number of sulfonamides is 1. The van der Waals surface area contributed by atoms with E-state index in [9.17, 15) is 17.6 Å². The first-order chi connectivity index (χ1) is 16.8. The third-order valence-corrected chi connectivity index (χ3v) is 6.77. The van der Waals surface area contributed by atoms with E-state index in [1.165, 1.54) is 23.1 Å². The van der Waals surface area contributed by atoms with Crippen LogP contribution in [-0.4, -0.2) is 24.2 Å². The summed E-state index contributed by atoms with van der Waals surface area (Å²) in [5.41, 5.74) is 2.49. The van der Waals surface area contributed by atoms with Crippen molar-refractivity contribution in [3.63, 3.8) is 0 Å². The van der Waals surface area contributed by atoms with Gasteiger partial charge in [-0.15, -0.1) is 0 Å². The molecule has 8 heteroatoms. The number of nitrogens with zero attached hydrogens (tertiary/aromatic N) is 2. The number of amides is 1. The van der Waals surface area contributed by atoms with Gasteiger partial charge in [0.25, 0.3) is 15.9 Å². The van der Waals surface area contributed by atoms with Crippen molar-refractivity contribution in [2.24, 2.45) is 0 Å². The van der Waals surface area contributed by atoms with Crippen molar-refractivity contribution in [2.75, 3.05) is 4.72 Å². The van der Waals surface area contributed by atoms with Crippen molar-refractivity contribution in [1.82, 2.24) is 9.88 Å². The average molecular weight is 490 g/mol. The molecule has 1 aromatic heterocycles. The van der Waals surface area contributed by atoms with Crippen LogP contribution in [0.1, 0.15) is 27.0 Å². The number of aryl methyl sites for hydroxylation is 1. The normalized spacial score (nSPS) is 11.1. The topological polar surface area (TPSA) is 79.4 Å². The Bertz CT molecular complexity index is 1370. The van der Waals surface area contributed by atoms with Crippen molar-refractivity contribution in [3.05, 3.63) is 125 Å². The maximum atomic E-state index is 14.3. The lowest BCUT2D eigenvalue weighted by Gasteiger charge is -2.24. The highest BCUT2D eigenvalue weighted by Crippen LogP contribution is 2.25. The first kappa shape index (κ1) is 24.1. The van der Waals surface area contributed by atoms with Crippen LogP contribution in [0.3, 0.4) is 0 Å². The number of anilines is 1. The second kappa shape index (κ2) is 10.5. The monoisotopic (exact) mass is 489 g/mol. The molecule has 178 valence electrons. The van der Waals surface area contributed by atoms with E-state index >= 15 is 0 Å². The predicted octanol–water partition coefficient (Wildman–Crippen LogP) is 5.17.